The Morgan fingerprint density at radius 3 is 2.57 bits per heavy atom. The number of amides is 1. The SMILES string of the molecule is Cn1nnc2cc(C(=O)NS(=O)(=O)c3ccc(F)cc3)ccc21. The van der Waals surface area contributed by atoms with Gasteiger partial charge in [-0.15, -0.1) is 5.10 Å². The minimum absolute atomic E-state index is 0.128. The van der Waals surface area contributed by atoms with Crippen molar-refractivity contribution in [3.05, 3.63) is 53.8 Å². The van der Waals surface area contributed by atoms with Gasteiger partial charge >= 0.3 is 0 Å². The van der Waals surface area contributed by atoms with Crippen LogP contribution in [0.4, 0.5) is 4.39 Å². The summed E-state index contributed by atoms with van der Waals surface area (Å²) in [4.78, 5) is 11.9. The number of hydrogen-bond acceptors (Lipinski definition) is 5. The van der Waals surface area contributed by atoms with E-state index in [0.29, 0.717) is 11.0 Å². The Balaban J connectivity index is 1.88. The second-order valence-corrected chi connectivity index (χ2v) is 6.49. The number of hydrogen-bond donors (Lipinski definition) is 1. The summed E-state index contributed by atoms with van der Waals surface area (Å²) in [6.07, 6.45) is 0. The molecule has 1 amide bonds. The number of rotatable bonds is 3. The molecule has 0 saturated heterocycles. The van der Waals surface area contributed by atoms with Crippen molar-refractivity contribution in [1.82, 2.24) is 19.7 Å². The van der Waals surface area contributed by atoms with E-state index in [2.05, 4.69) is 10.3 Å². The topological polar surface area (TPSA) is 93.9 Å². The van der Waals surface area contributed by atoms with Crippen molar-refractivity contribution in [2.75, 3.05) is 0 Å². The van der Waals surface area contributed by atoms with E-state index in [4.69, 9.17) is 0 Å². The zero-order valence-electron chi connectivity index (χ0n) is 11.9. The number of aryl methyl sites for hydroxylation is 1. The summed E-state index contributed by atoms with van der Waals surface area (Å²) in [5, 5.41) is 7.68. The van der Waals surface area contributed by atoms with Crippen LogP contribution >= 0.6 is 0 Å². The van der Waals surface area contributed by atoms with Crippen LogP contribution in [-0.4, -0.2) is 29.3 Å². The van der Waals surface area contributed by atoms with Gasteiger partial charge in [-0.3, -0.25) is 4.79 Å². The predicted octanol–water partition coefficient (Wildman–Crippen LogP) is 1.23. The first-order valence-electron chi connectivity index (χ1n) is 6.49. The van der Waals surface area contributed by atoms with Crippen molar-refractivity contribution < 1.29 is 17.6 Å². The maximum Gasteiger partial charge on any atom is 0.265 e. The molecule has 3 aromatic rings. The molecule has 1 aromatic heterocycles. The van der Waals surface area contributed by atoms with Crippen LogP contribution < -0.4 is 4.72 Å². The smallest absolute Gasteiger partial charge is 0.265 e. The van der Waals surface area contributed by atoms with Crippen molar-refractivity contribution in [3.8, 4) is 0 Å². The van der Waals surface area contributed by atoms with Crippen LogP contribution in [0.3, 0.4) is 0 Å². The average molecular weight is 334 g/mol. The summed E-state index contributed by atoms with van der Waals surface area (Å²) >= 11 is 0. The standard InChI is InChI=1S/C14H11FN4O3S/c1-19-13-7-2-9(8-12(13)16-18-19)14(20)17-23(21,22)11-5-3-10(15)4-6-11/h2-8H,1H3,(H,17,20). The number of sulfonamides is 1. The van der Waals surface area contributed by atoms with Gasteiger partial charge in [0.2, 0.25) is 0 Å². The van der Waals surface area contributed by atoms with E-state index in [1.165, 1.54) is 16.8 Å². The lowest BCUT2D eigenvalue weighted by atomic mass is 10.2. The van der Waals surface area contributed by atoms with E-state index in [1.54, 1.807) is 13.1 Å². The largest absolute Gasteiger partial charge is 0.268 e. The van der Waals surface area contributed by atoms with Gasteiger partial charge in [0.1, 0.15) is 11.3 Å². The van der Waals surface area contributed by atoms with Crippen LogP contribution in [-0.2, 0) is 17.1 Å². The molecule has 0 bridgehead atoms. The molecule has 0 radical (unpaired) electrons. The number of carbonyl (C=O) groups excluding carboxylic acids is 1. The van der Waals surface area contributed by atoms with Crippen molar-refractivity contribution in [1.29, 1.82) is 0 Å². The number of benzene rings is 2. The van der Waals surface area contributed by atoms with Gasteiger partial charge in [-0.25, -0.2) is 22.2 Å². The molecule has 0 aliphatic rings. The van der Waals surface area contributed by atoms with Gasteiger partial charge < -0.3 is 0 Å². The van der Waals surface area contributed by atoms with Gasteiger partial charge in [-0.1, -0.05) is 5.21 Å². The second kappa shape index (κ2) is 5.43. The molecule has 7 nitrogen and oxygen atoms in total. The van der Waals surface area contributed by atoms with E-state index >= 15 is 0 Å². The molecular weight excluding hydrogens is 323 g/mol. The highest BCUT2D eigenvalue weighted by Gasteiger charge is 2.19. The first-order chi connectivity index (χ1) is 10.9. The Morgan fingerprint density at radius 2 is 1.87 bits per heavy atom. The summed E-state index contributed by atoms with van der Waals surface area (Å²) in [6.45, 7) is 0. The summed E-state index contributed by atoms with van der Waals surface area (Å²) in [6, 6.07) is 8.71. The Bertz CT molecular complexity index is 997. The van der Waals surface area contributed by atoms with Crippen LogP contribution in [0.5, 0.6) is 0 Å². The average Bonchev–Trinajstić information content (AvgIpc) is 2.88. The van der Waals surface area contributed by atoms with Crippen molar-refractivity contribution >= 4 is 27.0 Å². The quantitative estimate of drug-likeness (QED) is 0.777. The number of fused-ring (bicyclic) bond motifs is 1. The Morgan fingerprint density at radius 1 is 1.17 bits per heavy atom. The first kappa shape index (κ1) is 15.1. The minimum atomic E-state index is -4.08. The predicted molar refractivity (Wildman–Crippen MR) is 79.6 cm³/mol. The molecule has 0 saturated carbocycles. The third-order valence-corrected chi connectivity index (χ3v) is 4.57. The fourth-order valence-electron chi connectivity index (χ4n) is 2.04. The highest BCUT2D eigenvalue weighted by molar-refractivity contribution is 7.90. The number of nitrogens with zero attached hydrogens (tertiary/aromatic N) is 3. The maximum absolute atomic E-state index is 12.9. The lowest BCUT2D eigenvalue weighted by molar-refractivity contribution is 0.0981. The first-order valence-corrected chi connectivity index (χ1v) is 7.97. The molecule has 0 unspecified atom stereocenters. The van der Waals surface area contributed by atoms with Crippen LogP contribution in [0.25, 0.3) is 11.0 Å². The number of aromatic nitrogens is 3. The molecule has 0 fully saturated rings. The van der Waals surface area contributed by atoms with Gasteiger partial charge in [0.15, 0.2) is 0 Å². The van der Waals surface area contributed by atoms with E-state index in [-0.39, 0.29) is 10.5 Å². The molecular formula is C14H11FN4O3S. The maximum atomic E-state index is 12.9. The van der Waals surface area contributed by atoms with Crippen LogP contribution in [0.2, 0.25) is 0 Å². The molecule has 0 aliphatic heterocycles. The van der Waals surface area contributed by atoms with Crippen LogP contribution in [0, 0.1) is 5.82 Å². The van der Waals surface area contributed by atoms with Crippen molar-refractivity contribution in [3.63, 3.8) is 0 Å². The van der Waals surface area contributed by atoms with E-state index in [1.807, 2.05) is 4.72 Å². The summed E-state index contributed by atoms with van der Waals surface area (Å²) in [5.74, 6) is -1.37. The van der Waals surface area contributed by atoms with Crippen molar-refractivity contribution in [2.24, 2.45) is 7.05 Å². The third kappa shape index (κ3) is 2.90. The molecule has 3 rings (SSSR count). The van der Waals surface area contributed by atoms with E-state index in [9.17, 15) is 17.6 Å². The minimum Gasteiger partial charge on any atom is -0.268 e. The van der Waals surface area contributed by atoms with E-state index in [0.717, 1.165) is 24.3 Å². The molecule has 0 spiro atoms. The second-order valence-electron chi connectivity index (χ2n) is 4.81. The number of halogens is 1. The monoisotopic (exact) mass is 334 g/mol. The lowest BCUT2D eigenvalue weighted by Gasteiger charge is -2.07. The van der Waals surface area contributed by atoms with Crippen LogP contribution in [0.15, 0.2) is 47.4 Å². The molecule has 23 heavy (non-hydrogen) atoms. The summed E-state index contributed by atoms with van der Waals surface area (Å²) in [7, 11) is -2.38. The Labute approximate surface area is 130 Å². The number of nitrogens with one attached hydrogen (secondary N) is 1. The third-order valence-electron chi connectivity index (χ3n) is 3.22. The molecule has 2 aromatic carbocycles. The fourth-order valence-corrected chi connectivity index (χ4v) is 3.01. The molecule has 9 heteroatoms. The molecule has 1 heterocycles. The molecule has 0 aliphatic carbocycles. The molecule has 118 valence electrons. The zero-order chi connectivity index (χ0) is 16.6. The molecule has 0 atom stereocenters. The Kier molecular flexibility index (Phi) is 3.57. The highest BCUT2D eigenvalue weighted by Crippen LogP contribution is 2.14. The van der Waals surface area contributed by atoms with Crippen molar-refractivity contribution in [2.45, 2.75) is 4.90 Å². The van der Waals surface area contributed by atoms with E-state index < -0.39 is 21.7 Å². The van der Waals surface area contributed by atoms with Crippen LogP contribution in [0.1, 0.15) is 10.4 Å². The summed E-state index contributed by atoms with van der Waals surface area (Å²) in [5.41, 5.74) is 1.31. The summed E-state index contributed by atoms with van der Waals surface area (Å²) < 4.78 is 40.5. The van der Waals surface area contributed by atoms with Gasteiger partial charge in [0.25, 0.3) is 15.9 Å². The van der Waals surface area contributed by atoms with Gasteiger partial charge in [0, 0.05) is 12.6 Å². The van der Waals surface area contributed by atoms with Gasteiger partial charge in [0.05, 0.1) is 10.4 Å². The zero-order valence-corrected chi connectivity index (χ0v) is 12.7. The number of carbonyl (C=O) groups is 1. The normalized spacial score (nSPS) is 11.6. The lowest BCUT2D eigenvalue weighted by Crippen LogP contribution is -2.30. The van der Waals surface area contributed by atoms with Gasteiger partial charge in [-0.05, 0) is 42.5 Å². The Hall–Kier alpha value is -2.81. The van der Waals surface area contributed by atoms with Gasteiger partial charge in [-0.2, -0.15) is 0 Å². The fraction of sp³-hybridized carbons (Fsp3) is 0.0714. The highest BCUT2D eigenvalue weighted by atomic mass is 32.2. The molecule has 1 N–H and O–H groups in total.